The van der Waals surface area contributed by atoms with Gasteiger partial charge in [-0.25, -0.2) is 0 Å². The molecule has 9 nitrogen and oxygen atoms in total. The normalized spacial score (nSPS) is 13.5. The van der Waals surface area contributed by atoms with E-state index in [1.165, 1.54) is 11.9 Å². The van der Waals surface area contributed by atoms with E-state index in [0.717, 1.165) is 50.6 Å². The predicted molar refractivity (Wildman–Crippen MR) is 134 cm³/mol. The second kappa shape index (κ2) is 15.1. The minimum atomic E-state index is -0.670. The summed E-state index contributed by atoms with van der Waals surface area (Å²) in [6.45, 7) is 7.90. The van der Waals surface area contributed by atoms with E-state index in [0.29, 0.717) is 44.0 Å². The molecular formula is C26H40N4O5. The van der Waals surface area contributed by atoms with Crippen LogP contribution in [0, 0.1) is 0 Å². The first kappa shape index (κ1) is 28.3. The lowest BCUT2D eigenvalue weighted by Crippen LogP contribution is -2.46. The van der Waals surface area contributed by atoms with E-state index in [1.54, 1.807) is 12.1 Å². The van der Waals surface area contributed by atoms with Crippen LogP contribution in [0.25, 0.3) is 0 Å². The molecule has 9 heteroatoms. The number of nitrogens with one attached hydrogen (secondary N) is 2. The molecule has 1 aromatic rings. The third kappa shape index (κ3) is 8.65. The predicted octanol–water partition coefficient (Wildman–Crippen LogP) is 2.13. The maximum atomic E-state index is 12.8. The van der Waals surface area contributed by atoms with Crippen LogP contribution < -0.4 is 15.4 Å². The number of hydrogen-bond donors (Lipinski definition) is 2. The van der Waals surface area contributed by atoms with E-state index in [-0.39, 0.29) is 24.1 Å². The fraction of sp³-hybridized carbons (Fsp3) is 0.615. The molecule has 0 fully saturated rings. The molecule has 0 radical (unpaired) electrons. The van der Waals surface area contributed by atoms with Crippen molar-refractivity contribution in [3.8, 4) is 5.75 Å². The van der Waals surface area contributed by atoms with Crippen LogP contribution in [0.1, 0.15) is 68.3 Å². The summed E-state index contributed by atoms with van der Waals surface area (Å²) in [6, 6.07) is 4.72. The summed E-state index contributed by atoms with van der Waals surface area (Å²) >= 11 is 0. The Morgan fingerprint density at radius 2 is 1.91 bits per heavy atom. The molecule has 0 aromatic heterocycles. The molecule has 1 aromatic carbocycles. The van der Waals surface area contributed by atoms with Gasteiger partial charge in [-0.2, -0.15) is 0 Å². The van der Waals surface area contributed by atoms with E-state index in [9.17, 15) is 19.2 Å². The van der Waals surface area contributed by atoms with E-state index >= 15 is 0 Å². The smallest absolute Gasteiger partial charge is 0.255 e. The van der Waals surface area contributed by atoms with Crippen molar-refractivity contribution in [1.29, 1.82) is 0 Å². The lowest BCUT2D eigenvalue weighted by Gasteiger charge is -2.25. The van der Waals surface area contributed by atoms with Gasteiger partial charge in [0.25, 0.3) is 5.91 Å². The molecule has 0 bridgehead atoms. The zero-order chi connectivity index (χ0) is 25.6. The van der Waals surface area contributed by atoms with Gasteiger partial charge in [-0.3, -0.25) is 19.3 Å². The van der Waals surface area contributed by atoms with Crippen molar-refractivity contribution in [2.75, 3.05) is 39.8 Å². The fourth-order valence-electron chi connectivity index (χ4n) is 4.19. The van der Waals surface area contributed by atoms with Crippen molar-refractivity contribution in [2.24, 2.45) is 0 Å². The average Bonchev–Trinajstić information content (AvgIpc) is 3.19. The van der Waals surface area contributed by atoms with Crippen molar-refractivity contribution < 1.29 is 23.9 Å². The van der Waals surface area contributed by atoms with E-state index < -0.39 is 6.04 Å². The molecule has 1 unspecified atom stereocenters. The second-order valence-corrected chi connectivity index (χ2v) is 8.70. The zero-order valence-electron chi connectivity index (χ0n) is 21.3. The van der Waals surface area contributed by atoms with Crippen LogP contribution in [0.4, 0.5) is 0 Å². The molecule has 1 aliphatic heterocycles. The van der Waals surface area contributed by atoms with Crippen LogP contribution in [0.3, 0.4) is 0 Å². The fourth-order valence-corrected chi connectivity index (χ4v) is 4.19. The molecule has 194 valence electrons. The summed E-state index contributed by atoms with van der Waals surface area (Å²) in [5.41, 5.74) is 1.40. The first-order valence-electron chi connectivity index (χ1n) is 12.7. The number of likely N-dealkylation sites (N-methyl/N-ethyl adjacent to an activating group) is 2. The molecule has 1 atom stereocenters. The summed E-state index contributed by atoms with van der Waals surface area (Å²) in [6.07, 6.45) is 5.15. The Hall–Kier alpha value is -2.94. The molecule has 1 heterocycles. The molecule has 0 saturated heterocycles. The zero-order valence-corrected chi connectivity index (χ0v) is 21.3. The van der Waals surface area contributed by atoms with Crippen LogP contribution in [0.5, 0.6) is 5.75 Å². The topological polar surface area (TPSA) is 108 Å². The Bertz CT molecular complexity index is 856. The SMILES string of the molecule is CCN(CC)CC(=O)NCCCCCCOc1ccc2c(c1)CN(C(CCC=O)C(=O)NC)C2=O. The number of rotatable bonds is 17. The highest BCUT2D eigenvalue weighted by molar-refractivity contribution is 6.01. The van der Waals surface area contributed by atoms with Gasteiger partial charge in [-0.1, -0.05) is 26.7 Å². The van der Waals surface area contributed by atoms with Gasteiger partial charge in [0.2, 0.25) is 11.8 Å². The number of aldehydes is 1. The highest BCUT2D eigenvalue weighted by Gasteiger charge is 2.35. The van der Waals surface area contributed by atoms with Gasteiger partial charge in [-0.15, -0.1) is 0 Å². The summed E-state index contributed by atoms with van der Waals surface area (Å²) in [5.74, 6) is 0.311. The molecule has 35 heavy (non-hydrogen) atoms. The number of amides is 3. The Kier molecular flexibility index (Phi) is 12.2. The number of ether oxygens (including phenoxy) is 1. The summed E-state index contributed by atoms with van der Waals surface area (Å²) < 4.78 is 5.88. The molecule has 0 aliphatic carbocycles. The Labute approximate surface area is 208 Å². The van der Waals surface area contributed by atoms with Crippen molar-refractivity contribution in [3.63, 3.8) is 0 Å². The first-order chi connectivity index (χ1) is 16.9. The van der Waals surface area contributed by atoms with E-state index in [2.05, 4.69) is 29.4 Å². The maximum Gasteiger partial charge on any atom is 0.255 e. The van der Waals surface area contributed by atoms with Crippen molar-refractivity contribution >= 4 is 24.0 Å². The molecule has 2 rings (SSSR count). The Morgan fingerprint density at radius 3 is 2.60 bits per heavy atom. The van der Waals surface area contributed by atoms with Gasteiger partial charge < -0.3 is 25.1 Å². The highest BCUT2D eigenvalue weighted by Crippen LogP contribution is 2.29. The van der Waals surface area contributed by atoms with Crippen molar-refractivity contribution in [2.45, 2.75) is 65.0 Å². The monoisotopic (exact) mass is 488 g/mol. The van der Waals surface area contributed by atoms with Gasteiger partial charge in [0.05, 0.1) is 13.2 Å². The Balaban J connectivity index is 1.71. The standard InChI is InChI=1S/C26H40N4O5/c1-4-29(5-2)19-24(32)28-14-8-6-7-9-16-35-21-12-13-22-20(17-21)18-30(26(22)34)23(11-10-15-31)25(33)27-3/h12-13,15,17,23H,4-11,14,16,18-19H2,1-3H3,(H,27,33)(H,28,32). The van der Waals surface area contributed by atoms with Crippen LogP contribution in [0.2, 0.25) is 0 Å². The second-order valence-electron chi connectivity index (χ2n) is 8.70. The number of nitrogens with zero attached hydrogens (tertiary/aromatic N) is 2. The lowest BCUT2D eigenvalue weighted by atomic mass is 10.1. The molecule has 0 spiro atoms. The molecular weight excluding hydrogens is 448 g/mol. The summed E-state index contributed by atoms with van der Waals surface area (Å²) in [5, 5.41) is 5.56. The van der Waals surface area contributed by atoms with Gasteiger partial charge in [-0.05, 0) is 56.1 Å². The maximum absolute atomic E-state index is 12.8. The summed E-state index contributed by atoms with van der Waals surface area (Å²) in [4.78, 5) is 51.4. The van der Waals surface area contributed by atoms with E-state index in [1.807, 2.05) is 6.07 Å². The van der Waals surface area contributed by atoms with Gasteiger partial charge in [0.15, 0.2) is 0 Å². The highest BCUT2D eigenvalue weighted by atomic mass is 16.5. The minimum absolute atomic E-state index is 0.0797. The van der Waals surface area contributed by atoms with Gasteiger partial charge >= 0.3 is 0 Å². The van der Waals surface area contributed by atoms with Crippen molar-refractivity contribution in [1.82, 2.24) is 20.4 Å². The van der Waals surface area contributed by atoms with Crippen LogP contribution in [-0.2, 0) is 20.9 Å². The van der Waals surface area contributed by atoms with Gasteiger partial charge in [0, 0.05) is 32.1 Å². The number of benzene rings is 1. The quantitative estimate of drug-likeness (QED) is 0.257. The third-order valence-corrected chi connectivity index (χ3v) is 6.32. The lowest BCUT2D eigenvalue weighted by molar-refractivity contribution is -0.125. The number of carbonyl (C=O) groups excluding carboxylic acids is 4. The molecule has 0 saturated carbocycles. The molecule has 2 N–H and O–H groups in total. The summed E-state index contributed by atoms with van der Waals surface area (Å²) in [7, 11) is 1.53. The number of hydrogen-bond acceptors (Lipinski definition) is 6. The molecule has 3 amide bonds. The van der Waals surface area contributed by atoms with E-state index in [4.69, 9.17) is 4.74 Å². The minimum Gasteiger partial charge on any atom is -0.494 e. The Morgan fingerprint density at radius 1 is 1.17 bits per heavy atom. The van der Waals surface area contributed by atoms with Crippen LogP contribution >= 0.6 is 0 Å². The average molecular weight is 489 g/mol. The first-order valence-corrected chi connectivity index (χ1v) is 12.7. The van der Waals surface area contributed by atoms with Gasteiger partial charge in [0.1, 0.15) is 18.1 Å². The number of unbranched alkanes of at least 4 members (excludes halogenated alkanes) is 3. The van der Waals surface area contributed by atoms with Crippen LogP contribution in [-0.4, -0.2) is 79.7 Å². The van der Waals surface area contributed by atoms with Crippen LogP contribution in [0.15, 0.2) is 18.2 Å². The third-order valence-electron chi connectivity index (χ3n) is 6.32. The molecule has 1 aliphatic rings. The number of carbonyl (C=O) groups is 4. The number of fused-ring (bicyclic) bond motifs is 1. The largest absolute Gasteiger partial charge is 0.494 e. The van der Waals surface area contributed by atoms with Crippen molar-refractivity contribution in [3.05, 3.63) is 29.3 Å².